The van der Waals surface area contributed by atoms with Crippen molar-refractivity contribution in [1.29, 1.82) is 0 Å². The van der Waals surface area contributed by atoms with Crippen LogP contribution in [0, 0.1) is 11.3 Å². The van der Waals surface area contributed by atoms with Crippen molar-refractivity contribution in [1.82, 2.24) is 4.90 Å². The van der Waals surface area contributed by atoms with Crippen LogP contribution in [-0.4, -0.2) is 42.5 Å². The standard InChI is InChI=1S/C15H27NO2/c17-11-14-5-9-16(10-6-14)12-15(13-18)7-3-1-2-4-8-15/h13-14,17H,1-12H2. The van der Waals surface area contributed by atoms with Gasteiger partial charge in [0.25, 0.3) is 0 Å². The summed E-state index contributed by atoms with van der Waals surface area (Å²) in [5, 5.41) is 9.16. The first-order valence-electron chi connectivity index (χ1n) is 7.57. The van der Waals surface area contributed by atoms with E-state index in [1.165, 1.54) is 32.0 Å². The zero-order valence-corrected chi connectivity index (χ0v) is 11.4. The summed E-state index contributed by atoms with van der Waals surface area (Å²) >= 11 is 0. The van der Waals surface area contributed by atoms with E-state index in [-0.39, 0.29) is 5.41 Å². The highest BCUT2D eigenvalue weighted by Crippen LogP contribution is 2.34. The molecule has 0 spiro atoms. The zero-order chi connectivity index (χ0) is 12.8. The van der Waals surface area contributed by atoms with Crippen LogP contribution in [0.25, 0.3) is 0 Å². The molecular formula is C15H27NO2. The maximum Gasteiger partial charge on any atom is 0.127 e. The van der Waals surface area contributed by atoms with E-state index in [2.05, 4.69) is 4.90 Å². The molecule has 1 N–H and O–H groups in total. The van der Waals surface area contributed by atoms with Gasteiger partial charge in [-0.25, -0.2) is 0 Å². The number of hydrogen-bond acceptors (Lipinski definition) is 3. The minimum absolute atomic E-state index is 0.0669. The molecule has 0 atom stereocenters. The Bertz CT molecular complexity index is 251. The summed E-state index contributed by atoms with van der Waals surface area (Å²) in [6.07, 6.45) is 10.6. The quantitative estimate of drug-likeness (QED) is 0.617. The van der Waals surface area contributed by atoms with Crippen molar-refractivity contribution in [2.45, 2.75) is 51.4 Å². The van der Waals surface area contributed by atoms with Gasteiger partial charge in [0.2, 0.25) is 0 Å². The number of carbonyl (C=O) groups is 1. The van der Waals surface area contributed by atoms with E-state index in [1.807, 2.05) is 0 Å². The number of aliphatic hydroxyl groups is 1. The Balaban J connectivity index is 1.87. The van der Waals surface area contributed by atoms with Gasteiger partial charge in [-0.05, 0) is 44.7 Å². The number of aldehydes is 1. The molecule has 1 heterocycles. The molecular weight excluding hydrogens is 226 g/mol. The molecule has 3 heteroatoms. The first-order valence-corrected chi connectivity index (χ1v) is 7.57. The van der Waals surface area contributed by atoms with Crippen molar-refractivity contribution in [3.05, 3.63) is 0 Å². The lowest BCUT2D eigenvalue weighted by molar-refractivity contribution is -0.118. The predicted molar refractivity (Wildman–Crippen MR) is 72.4 cm³/mol. The summed E-state index contributed by atoms with van der Waals surface area (Å²) < 4.78 is 0. The number of piperidine rings is 1. The lowest BCUT2D eigenvalue weighted by Gasteiger charge is -2.37. The highest BCUT2D eigenvalue weighted by atomic mass is 16.3. The molecule has 2 aliphatic rings. The average Bonchev–Trinajstić information content (AvgIpc) is 2.66. The minimum atomic E-state index is -0.0669. The highest BCUT2D eigenvalue weighted by molar-refractivity contribution is 5.59. The third-order valence-corrected chi connectivity index (χ3v) is 4.85. The molecule has 2 rings (SSSR count). The van der Waals surface area contributed by atoms with E-state index in [4.69, 9.17) is 5.11 Å². The van der Waals surface area contributed by atoms with E-state index in [9.17, 15) is 4.79 Å². The lowest BCUT2D eigenvalue weighted by Crippen LogP contribution is -2.43. The molecule has 2 fully saturated rings. The maximum absolute atomic E-state index is 11.6. The molecule has 1 saturated heterocycles. The van der Waals surface area contributed by atoms with Crippen molar-refractivity contribution in [2.24, 2.45) is 11.3 Å². The zero-order valence-electron chi connectivity index (χ0n) is 11.4. The third-order valence-electron chi connectivity index (χ3n) is 4.85. The van der Waals surface area contributed by atoms with Crippen molar-refractivity contribution in [2.75, 3.05) is 26.2 Å². The lowest BCUT2D eigenvalue weighted by atomic mass is 9.80. The van der Waals surface area contributed by atoms with E-state index < -0.39 is 0 Å². The molecule has 3 nitrogen and oxygen atoms in total. The van der Waals surface area contributed by atoms with Gasteiger partial charge < -0.3 is 14.8 Å². The summed E-state index contributed by atoms with van der Waals surface area (Å²) in [6, 6.07) is 0. The minimum Gasteiger partial charge on any atom is -0.396 e. The molecule has 1 aliphatic carbocycles. The first kappa shape index (κ1) is 14.0. The summed E-state index contributed by atoms with van der Waals surface area (Å²) in [5.74, 6) is 0.488. The van der Waals surface area contributed by atoms with Gasteiger partial charge in [0.1, 0.15) is 6.29 Å². The van der Waals surface area contributed by atoms with E-state index in [0.29, 0.717) is 12.5 Å². The normalized spacial score (nSPS) is 26.7. The van der Waals surface area contributed by atoms with Gasteiger partial charge in [0.05, 0.1) is 0 Å². The number of carbonyl (C=O) groups excluding carboxylic acids is 1. The fraction of sp³-hybridized carbons (Fsp3) is 0.933. The van der Waals surface area contributed by atoms with Crippen molar-refractivity contribution < 1.29 is 9.90 Å². The number of likely N-dealkylation sites (tertiary alicyclic amines) is 1. The molecule has 0 radical (unpaired) electrons. The number of rotatable bonds is 4. The van der Waals surface area contributed by atoms with Crippen molar-refractivity contribution >= 4 is 6.29 Å². The van der Waals surface area contributed by atoms with Gasteiger partial charge in [0, 0.05) is 18.6 Å². The SMILES string of the molecule is O=CC1(CN2CCC(CO)CC2)CCCCCC1. The fourth-order valence-electron chi connectivity index (χ4n) is 3.52. The molecule has 104 valence electrons. The van der Waals surface area contributed by atoms with Gasteiger partial charge in [-0.2, -0.15) is 0 Å². The topological polar surface area (TPSA) is 40.5 Å². The molecule has 0 aromatic heterocycles. The van der Waals surface area contributed by atoms with Gasteiger partial charge in [-0.3, -0.25) is 0 Å². The van der Waals surface area contributed by atoms with Crippen LogP contribution in [0.4, 0.5) is 0 Å². The van der Waals surface area contributed by atoms with Crippen LogP contribution < -0.4 is 0 Å². The van der Waals surface area contributed by atoms with Crippen LogP contribution in [0.3, 0.4) is 0 Å². The maximum atomic E-state index is 11.6. The second-order valence-electron chi connectivity index (χ2n) is 6.30. The fourth-order valence-corrected chi connectivity index (χ4v) is 3.52. The molecule has 0 aromatic rings. The number of aliphatic hydroxyl groups excluding tert-OH is 1. The first-order chi connectivity index (χ1) is 8.78. The second-order valence-corrected chi connectivity index (χ2v) is 6.30. The van der Waals surface area contributed by atoms with Crippen LogP contribution in [0.15, 0.2) is 0 Å². The van der Waals surface area contributed by atoms with Crippen LogP contribution in [0.1, 0.15) is 51.4 Å². The Hall–Kier alpha value is -0.410. The summed E-state index contributed by atoms with van der Waals surface area (Å²) in [5.41, 5.74) is -0.0669. The van der Waals surface area contributed by atoms with Gasteiger partial charge in [-0.15, -0.1) is 0 Å². The Labute approximate surface area is 111 Å². The molecule has 18 heavy (non-hydrogen) atoms. The largest absolute Gasteiger partial charge is 0.396 e. The molecule has 1 saturated carbocycles. The predicted octanol–water partition coefficient (Wildman–Crippen LogP) is 2.23. The summed E-state index contributed by atoms with van der Waals surface area (Å²) in [7, 11) is 0. The number of hydrogen-bond donors (Lipinski definition) is 1. The van der Waals surface area contributed by atoms with Crippen LogP contribution in [-0.2, 0) is 4.79 Å². The smallest absolute Gasteiger partial charge is 0.127 e. The Morgan fingerprint density at radius 1 is 1.11 bits per heavy atom. The average molecular weight is 253 g/mol. The van der Waals surface area contributed by atoms with Crippen molar-refractivity contribution in [3.63, 3.8) is 0 Å². The van der Waals surface area contributed by atoms with Gasteiger partial charge >= 0.3 is 0 Å². The van der Waals surface area contributed by atoms with E-state index in [1.54, 1.807) is 0 Å². The summed E-state index contributed by atoms with van der Waals surface area (Å²) in [4.78, 5) is 14.0. The van der Waals surface area contributed by atoms with Crippen molar-refractivity contribution in [3.8, 4) is 0 Å². The van der Waals surface area contributed by atoms with E-state index >= 15 is 0 Å². The molecule has 0 amide bonds. The molecule has 0 unspecified atom stereocenters. The number of nitrogens with zero attached hydrogens (tertiary/aromatic N) is 1. The Morgan fingerprint density at radius 3 is 2.22 bits per heavy atom. The Kier molecular flexibility index (Phi) is 5.19. The summed E-state index contributed by atoms with van der Waals surface area (Å²) in [6.45, 7) is 3.39. The molecule has 0 aromatic carbocycles. The second kappa shape index (κ2) is 6.67. The molecule has 1 aliphatic heterocycles. The Morgan fingerprint density at radius 2 is 1.72 bits per heavy atom. The third kappa shape index (κ3) is 3.55. The van der Waals surface area contributed by atoms with Crippen LogP contribution in [0.5, 0.6) is 0 Å². The van der Waals surface area contributed by atoms with E-state index in [0.717, 1.165) is 45.3 Å². The molecule has 0 bridgehead atoms. The van der Waals surface area contributed by atoms with Gasteiger partial charge in [-0.1, -0.05) is 25.7 Å². The highest BCUT2D eigenvalue weighted by Gasteiger charge is 2.33. The van der Waals surface area contributed by atoms with Gasteiger partial charge in [0.15, 0.2) is 0 Å². The van der Waals surface area contributed by atoms with Crippen LogP contribution in [0.2, 0.25) is 0 Å². The van der Waals surface area contributed by atoms with Crippen LogP contribution >= 0.6 is 0 Å². The monoisotopic (exact) mass is 253 g/mol.